The van der Waals surface area contributed by atoms with Crippen molar-refractivity contribution in [3.8, 4) is 0 Å². The third kappa shape index (κ3) is 6.95. The van der Waals surface area contributed by atoms with Crippen molar-refractivity contribution in [1.29, 1.82) is 0 Å². The number of nitrogens with two attached hydrogens (primary N) is 1. The van der Waals surface area contributed by atoms with Crippen LogP contribution in [0.3, 0.4) is 0 Å². The minimum Gasteiger partial charge on any atom is -0.402 e. The van der Waals surface area contributed by atoms with Crippen LogP contribution < -0.4 is 16.4 Å². The molecule has 0 atom stereocenters. The van der Waals surface area contributed by atoms with E-state index in [2.05, 4.69) is 49.4 Å². The highest BCUT2D eigenvalue weighted by Gasteiger charge is 2.01. The third-order valence-electron chi connectivity index (χ3n) is 2.87. The maximum atomic E-state index is 5.52. The van der Waals surface area contributed by atoms with E-state index in [9.17, 15) is 0 Å². The molecule has 0 amide bonds. The lowest BCUT2D eigenvalue weighted by molar-refractivity contribution is 0.751. The summed E-state index contributed by atoms with van der Waals surface area (Å²) in [6.07, 6.45) is 0. The van der Waals surface area contributed by atoms with E-state index in [-0.39, 0.29) is 0 Å². The van der Waals surface area contributed by atoms with Gasteiger partial charge in [0.25, 0.3) is 0 Å². The Morgan fingerprint density at radius 1 is 1.10 bits per heavy atom. The van der Waals surface area contributed by atoms with Gasteiger partial charge in [-0.1, -0.05) is 44.0 Å². The number of hydrogen-bond acceptors (Lipinski definition) is 4. The molecule has 0 bridgehead atoms. The molecule has 21 heavy (non-hydrogen) atoms. The maximum Gasteiger partial charge on any atom is 0.0344 e. The Balaban J connectivity index is 2.19. The van der Waals surface area contributed by atoms with Gasteiger partial charge in [-0.15, -0.1) is 11.8 Å². The van der Waals surface area contributed by atoms with Gasteiger partial charge in [0.05, 0.1) is 0 Å². The fourth-order valence-electron chi connectivity index (χ4n) is 1.82. The van der Waals surface area contributed by atoms with Crippen molar-refractivity contribution in [1.82, 2.24) is 10.6 Å². The summed E-state index contributed by atoms with van der Waals surface area (Å²) in [6.45, 7) is 15.4. The quantitative estimate of drug-likeness (QED) is 0.582. The number of rotatable bonds is 10. The topological polar surface area (TPSA) is 50.1 Å². The normalized spacial score (nSPS) is 9.95. The molecule has 0 aliphatic heterocycles. The van der Waals surface area contributed by atoms with Gasteiger partial charge in [-0.05, 0) is 18.1 Å². The molecule has 0 aromatic heterocycles. The van der Waals surface area contributed by atoms with Gasteiger partial charge in [-0.2, -0.15) is 0 Å². The molecule has 0 aliphatic rings. The van der Waals surface area contributed by atoms with Gasteiger partial charge in [-0.3, -0.25) is 0 Å². The molecule has 0 saturated carbocycles. The van der Waals surface area contributed by atoms with Gasteiger partial charge >= 0.3 is 0 Å². The zero-order valence-corrected chi connectivity index (χ0v) is 13.6. The first-order chi connectivity index (χ1) is 10.0. The largest absolute Gasteiger partial charge is 0.402 e. The van der Waals surface area contributed by atoms with Crippen molar-refractivity contribution in [2.45, 2.75) is 6.92 Å². The van der Waals surface area contributed by atoms with Gasteiger partial charge in [0, 0.05) is 41.7 Å². The van der Waals surface area contributed by atoms with E-state index in [1.165, 1.54) is 5.56 Å². The highest BCUT2D eigenvalue weighted by atomic mass is 32.2. The van der Waals surface area contributed by atoms with Crippen molar-refractivity contribution in [3.05, 3.63) is 66.5 Å². The monoisotopic (exact) mass is 303 g/mol. The predicted octanol–water partition coefficient (Wildman–Crippen LogP) is 2.86. The van der Waals surface area contributed by atoms with Crippen LogP contribution in [-0.2, 0) is 0 Å². The smallest absolute Gasteiger partial charge is 0.0344 e. The summed E-state index contributed by atoms with van der Waals surface area (Å²) in [6, 6.07) is 8.22. The van der Waals surface area contributed by atoms with Crippen molar-refractivity contribution < 1.29 is 0 Å². The van der Waals surface area contributed by atoms with E-state index in [1.54, 1.807) is 11.8 Å². The van der Waals surface area contributed by atoms with Crippen molar-refractivity contribution in [2.24, 2.45) is 5.73 Å². The van der Waals surface area contributed by atoms with E-state index in [0.717, 1.165) is 41.6 Å². The molecule has 0 saturated heterocycles. The Hall–Kier alpha value is -1.81. The second-order valence-corrected chi connectivity index (χ2v) is 5.89. The highest BCUT2D eigenvalue weighted by Crippen LogP contribution is 2.13. The lowest BCUT2D eigenvalue weighted by Gasteiger charge is -2.14. The predicted molar refractivity (Wildman–Crippen MR) is 96.0 cm³/mol. The molecular formula is C17H25N3S. The Morgan fingerprint density at radius 2 is 1.76 bits per heavy atom. The molecule has 0 radical (unpaired) electrons. The summed E-state index contributed by atoms with van der Waals surface area (Å²) in [5.74, 6) is 1.61. The number of nitrogens with one attached hydrogen (secondary N) is 2. The standard InChI is InChI=1S/C17H25N3S/c1-13-7-5-6-8-17(13)16(4)20-10-9-19-15(3)12-21-11-14(2)18/h5-8,19-20H,2-4,9-12,18H2,1H3. The Morgan fingerprint density at radius 3 is 2.43 bits per heavy atom. The van der Waals surface area contributed by atoms with Crippen LogP contribution in [0, 0.1) is 6.92 Å². The average molecular weight is 303 g/mol. The minimum atomic E-state index is 0.698. The van der Waals surface area contributed by atoms with Crippen LogP contribution in [0.5, 0.6) is 0 Å². The van der Waals surface area contributed by atoms with Crippen LogP contribution >= 0.6 is 11.8 Å². The van der Waals surface area contributed by atoms with E-state index >= 15 is 0 Å². The summed E-state index contributed by atoms with van der Waals surface area (Å²) < 4.78 is 0. The Labute approximate surface area is 132 Å². The van der Waals surface area contributed by atoms with Gasteiger partial charge in [-0.25, -0.2) is 0 Å². The van der Waals surface area contributed by atoms with Crippen molar-refractivity contribution in [3.63, 3.8) is 0 Å². The number of hydrogen-bond donors (Lipinski definition) is 3. The summed E-state index contributed by atoms with van der Waals surface area (Å²) in [5, 5.41) is 6.62. The first kappa shape index (κ1) is 17.2. The summed E-state index contributed by atoms with van der Waals surface area (Å²) in [7, 11) is 0. The molecule has 0 spiro atoms. The van der Waals surface area contributed by atoms with Crippen LogP contribution in [0.2, 0.25) is 0 Å². The summed E-state index contributed by atoms with van der Waals surface area (Å²) in [4.78, 5) is 0. The molecule has 0 heterocycles. The summed E-state index contributed by atoms with van der Waals surface area (Å²) >= 11 is 1.71. The second kappa shape index (κ2) is 9.19. The fraction of sp³-hybridized carbons (Fsp3) is 0.294. The number of benzene rings is 1. The maximum absolute atomic E-state index is 5.52. The Bertz CT molecular complexity index is 509. The molecule has 114 valence electrons. The molecule has 0 fully saturated rings. The van der Waals surface area contributed by atoms with Crippen LogP contribution in [0.4, 0.5) is 0 Å². The molecule has 4 N–H and O–H groups in total. The zero-order chi connectivity index (χ0) is 15.7. The fourth-order valence-corrected chi connectivity index (χ4v) is 2.53. The van der Waals surface area contributed by atoms with Crippen LogP contribution in [-0.4, -0.2) is 24.6 Å². The molecule has 0 aliphatic carbocycles. The van der Waals surface area contributed by atoms with E-state index in [4.69, 9.17) is 5.73 Å². The first-order valence-electron chi connectivity index (χ1n) is 6.92. The van der Waals surface area contributed by atoms with E-state index in [0.29, 0.717) is 5.70 Å². The Kier molecular flexibility index (Phi) is 7.54. The van der Waals surface area contributed by atoms with E-state index in [1.807, 2.05) is 12.1 Å². The minimum absolute atomic E-state index is 0.698. The molecule has 1 aromatic carbocycles. The molecule has 1 aromatic rings. The zero-order valence-electron chi connectivity index (χ0n) is 12.7. The molecule has 1 rings (SSSR count). The SMILES string of the molecule is C=C(N)CSCC(=C)NCCNC(=C)c1ccccc1C. The summed E-state index contributed by atoms with van der Waals surface area (Å²) in [5.41, 5.74) is 10.6. The molecule has 4 heteroatoms. The highest BCUT2D eigenvalue weighted by molar-refractivity contribution is 7.99. The van der Waals surface area contributed by atoms with Gasteiger partial charge in [0.15, 0.2) is 0 Å². The van der Waals surface area contributed by atoms with Crippen LogP contribution in [0.25, 0.3) is 5.70 Å². The van der Waals surface area contributed by atoms with Crippen molar-refractivity contribution in [2.75, 3.05) is 24.6 Å². The average Bonchev–Trinajstić information content (AvgIpc) is 2.43. The van der Waals surface area contributed by atoms with E-state index < -0.39 is 0 Å². The number of aryl methyl sites for hydroxylation is 1. The first-order valence-corrected chi connectivity index (χ1v) is 8.07. The lowest BCUT2D eigenvalue weighted by atomic mass is 10.1. The van der Waals surface area contributed by atoms with Gasteiger partial charge < -0.3 is 16.4 Å². The van der Waals surface area contributed by atoms with Gasteiger partial charge in [0.2, 0.25) is 0 Å². The molecule has 0 unspecified atom stereocenters. The van der Waals surface area contributed by atoms with Crippen LogP contribution in [0.15, 0.2) is 55.4 Å². The molecular weight excluding hydrogens is 278 g/mol. The van der Waals surface area contributed by atoms with Crippen LogP contribution in [0.1, 0.15) is 11.1 Å². The van der Waals surface area contributed by atoms with Crippen molar-refractivity contribution >= 4 is 17.5 Å². The third-order valence-corrected chi connectivity index (χ3v) is 4.00. The second-order valence-electron chi connectivity index (χ2n) is 4.90. The lowest BCUT2D eigenvalue weighted by Crippen LogP contribution is -2.26. The van der Waals surface area contributed by atoms with Gasteiger partial charge in [0.1, 0.15) is 0 Å². The molecule has 3 nitrogen and oxygen atoms in total. The number of thioether (sulfide) groups is 1.